The second-order valence-corrected chi connectivity index (χ2v) is 3.73. The molecule has 0 aliphatic heterocycles. The van der Waals surface area contributed by atoms with Gasteiger partial charge in [0.2, 0.25) is 0 Å². The summed E-state index contributed by atoms with van der Waals surface area (Å²) >= 11 is 0. The number of hydrogen-bond acceptors (Lipinski definition) is 1. The molecule has 0 saturated heterocycles. The van der Waals surface area contributed by atoms with Crippen LogP contribution in [-0.4, -0.2) is 0 Å². The van der Waals surface area contributed by atoms with Crippen molar-refractivity contribution in [1.82, 2.24) is 0 Å². The number of rotatable bonds is 5. The highest BCUT2D eigenvalue weighted by Gasteiger charge is 1.97. The Morgan fingerprint density at radius 3 is 2.69 bits per heavy atom. The van der Waals surface area contributed by atoms with E-state index in [9.17, 15) is 0 Å². The molecule has 0 spiro atoms. The van der Waals surface area contributed by atoms with Crippen molar-refractivity contribution in [2.24, 2.45) is 5.92 Å². The van der Waals surface area contributed by atoms with Crippen molar-refractivity contribution in [2.45, 2.75) is 40.0 Å². The Balaban J connectivity index is 3.53. The van der Waals surface area contributed by atoms with Gasteiger partial charge in [-0.15, -0.1) is 0 Å². The molecule has 1 nitrogen and oxygen atoms in total. The molecule has 0 rings (SSSR count). The van der Waals surface area contributed by atoms with Crippen molar-refractivity contribution in [3.05, 3.63) is 23.8 Å². The molecule has 0 N–H and O–H groups in total. The first kappa shape index (κ1) is 12.0. The third-order valence-corrected chi connectivity index (χ3v) is 1.94. The predicted octanol–water partition coefficient (Wildman–Crippen LogP) is 3.84. The molecule has 1 heteroatoms. The van der Waals surface area contributed by atoms with Gasteiger partial charge in [0.1, 0.15) is 0 Å². The number of hydrogen-bond donors (Lipinski definition) is 0. The normalized spacial score (nSPS) is 12.5. The maximum Gasteiger partial charge on any atom is 0.0908 e. The first-order valence-electron chi connectivity index (χ1n) is 4.84. The summed E-state index contributed by atoms with van der Waals surface area (Å²) < 4.78 is 0. The third-order valence-electron chi connectivity index (χ3n) is 1.94. The van der Waals surface area contributed by atoms with Gasteiger partial charge in [-0.05, 0) is 39.0 Å². The fraction of sp³-hybridized carbons (Fsp3) is 0.583. The van der Waals surface area contributed by atoms with Crippen LogP contribution in [0.15, 0.2) is 23.8 Å². The van der Waals surface area contributed by atoms with Gasteiger partial charge in [-0.1, -0.05) is 24.6 Å². The Morgan fingerprint density at radius 1 is 1.46 bits per heavy atom. The Bertz CT molecular complexity index is 214. The summed E-state index contributed by atoms with van der Waals surface area (Å²) in [6.45, 7) is 6.47. The average molecular weight is 177 g/mol. The van der Waals surface area contributed by atoms with Gasteiger partial charge >= 0.3 is 0 Å². The molecule has 0 aromatic heterocycles. The summed E-state index contributed by atoms with van der Waals surface area (Å²) in [7, 11) is 0. The second-order valence-electron chi connectivity index (χ2n) is 3.73. The third kappa shape index (κ3) is 8.88. The molecule has 0 aromatic carbocycles. The topological polar surface area (TPSA) is 23.8 Å². The van der Waals surface area contributed by atoms with E-state index in [-0.39, 0.29) is 0 Å². The lowest BCUT2D eigenvalue weighted by Crippen LogP contribution is -1.91. The molecule has 13 heavy (non-hydrogen) atoms. The van der Waals surface area contributed by atoms with Gasteiger partial charge in [0.05, 0.1) is 6.07 Å². The summed E-state index contributed by atoms with van der Waals surface area (Å²) in [6, 6.07) is 2.00. The maximum atomic E-state index is 8.28. The predicted molar refractivity (Wildman–Crippen MR) is 57.2 cm³/mol. The van der Waals surface area contributed by atoms with Crippen molar-refractivity contribution in [3.63, 3.8) is 0 Å². The standard InChI is InChI=1S/C12H19N/c1-11(2)7-6-9-12(3)8-4-5-10-13/h4-5,7,12H,6,8-9H2,1-3H3/b5-4-. The minimum atomic E-state index is 0.681. The van der Waals surface area contributed by atoms with E-state index in [1.165, 1.54) is 12.0 Å². The molecule has 72 valence electrons. The van der Waals surface area contributed by atoms with Crippen molar-refractivity contribution in [3.8, 4) is 6.07 Å². The van der Waals surface area contributed by atoms with Crippen LogP contribution in [0.25, 0.3) is 0 Å². The van der Waals surface area contributed by atoms with Crippen molar-refractivity contribution >= 4 is 0 Å². The van der Waals surface area contributed by atoms with E-state index in [0.717, 1.165) is 12.8 Å². The van der Waals surface area contributed by atoms with Crippen molar-refractivity contribution in [2.75, 3.05) is 0 Å². The SMILES string of the molecule is CC(C)=CCCC(C)C/C=C\C#N. The smallest absolute Gasteiger partial charge is 0.0908 e. The van der Waals surface area contributed by atoms with E-state index < -0.39 is 0 Å². The van der Waals surface area contributed by atoms with Crippen LogP contribution in [0.2, 0.25) is 0 Å². The average Bonchev–Trinajstić information content (AvgIpc) is 2.04. The van der Waals surface area contributed by atoms with Crippen LogP contribution >= 0.6 is 0 Å². The minimum Gasteiger partial charge on any atom is -0.193 e. The maximum absolute atomic E-state index is 8.28. The Kier molecular flexibility index (Phi) is 7.01. The summed E-state index contributed by atoms with van der Waals surface area (Å²) in [5, 5.41) is 8.28. The molecule has 1 atom stereocenters. The fourth-order valence-corrected chi connectivity index (χ4v) is 1.13. The van der Waals surface area contributed by atoms with E-state index in [1.54, 1.807) is 6.08 Å². The molecule has 0 aromatic rings. The van der Waals surface area contributed by atoms with E-state index in [1.807, 2.05) is 12.1 Å². The van der Waals surface area contributed by atoms with Gasteiger partial charge in [-0.2, -0.15) is 5.26 Å². The monoisotopic (exact) mass is 177 g/mol. The van der Waals surface area contributed by atoms with E-state index in [0.29, 0.717) is 5.92 Å². The highest BCUT2D eigenvalue weighted by atomic mass is 14.2. The first-order chi connectivity index (χ1) is 6.16. The van der Waals surface area contributed by atoms with Gasteiger partial charge in [0.15, 0.2) is 0 Å². The lowest BCUT2D eigenvalue weighted by Gasteiger charge is -2.05. The van der Waals surface area contributed by atoms with Crippen LogP contribution in [0.1, 0.15) is 40.0 Å². The summed E-state index contributed by atoms with van der Waals surface area (Å²) in [4.78, 5) is 0. The molecule has 0 bridgehead atoms. The zero-order valence-corrected chi connectivity index (χ0v) is 8.88. The molecule has 0 heterocycles. The molecule has 0 fully saturated rings. The minimum absolute atomic E-state index is 0.681. The highest BCUT2D eigenvalue weighted by molar-refractivity contribution is 5.01. The van der Waals surface area contributed by atoms with Gasteiger partial charge < -0.3 is 0 Å². The second kappa shape index (κ2) is 7.61. The molecule has 0 amide bonds. The van der Waals surface area contributed by atoms with Crippen LogP contribution in [0.3, 0.4) is 0 Å². The largest absolute Gasteiger partial charge is 0.193 e. The van der Waals surface area contributed by atoms with E-state index in [4.69, 9.17) is 5.26 Å². The Morgan fingerprint density at radius 2 is 2.15 bits per heavy atom. The van der Waals surface area contributed by atoms with Gasteiger partial charge in [-0.3, -0.25) is 0 Å². The summed E-state index contributed by atoms with van der Waals surface area (Å²) in [5.74, 6) is 0.681. The van der Waals surface area contributed by atoms with E-state index >= 15 is 0 Å². The zero-order valence-electron chi connectivity index (χ0n) is 8.88. The Labute approximate surface area is 81.8 Å². The lowest BCUT2D eigenvalue weighted by atomic mass is 10.0. The van der Waals surface area contributed by atoms with Crippen LogP contribution in [0.4, 0.5) is 0 Å². The van der Waals surface area contributed by atoms with Crippen LogP contribution in [-0.2, 0) is 0 Å². The lowest BCUT2D eigenvalue weighted by molar-refractivity contribution is 0.546. The number of allylic oxidation sites excluding steroid dienone is 4. The molecular weight excluding hydrogens is 158 g/mol. The van der Waals surface area contributed by atoms with Gasteiger partial charge in [-0.25, -0.2) is 0 Å². The van der Waals surface area contributed by atoms with Gasteiger partial charge in [0.25, 0.3) is 0 Å². The molecular formula is C12H19N. The summed E-state index contributed by atoms with van der Waals surface area (Å²) in [6.07, 6.45) is 9.17. The van der Waals surface area contributed by atoms with Crippen molar-refractivity contribution in [1.29, 1.82) is 5.26 Å². The first-order valence-corrected chi connectivity index (χ1v) is 4.84. The Hall–Kier alpha value is -1.03. The molecule has 1 unspecified atom stereocenters. The fourth-order valence-electron chi connectivity index (χ4n) is 1.13. The zero-order chi connectivity index (χ0) is 10.1. The van der Waals surface area contributed by atoms with E-state index in [2.05, 4.69) is 26.8 Å². The number of nitrogens with zero attached hydrogens (tertiary/aromatic N) is 1. The summed E-state index contributed by atoms with van der Waals surface area (Å²) in [5.41, 5.74) is 1.39. The van der Waals surface area contributed by atoms with Crippen LogP contribution in [0, 0.1) is 17.2 Å². The van der Waals surface area contributed by atoms with Crippen LogP contribution in [0.5, 0.6) is 0 Å². The molecule has 0 radical (unpaired) electrons. The molecule has 0 aliphatic carbocycles. The van der Waals surface area contributed by atoms with Crippen molar-refractivity contribution < 1.29 is 0 Å². The van der Waals surface area contributed by atoms with Crippen LogP contribution < -0.4 is 0 Å². The highest BCUT2D eigenvalue weighted by Crippen LogP contribution is 2.11. The molecule has 0 aliphatic rings. The van der Waals surface area contributed by atoms with Gasteiger partial charge in [0, 0.05) is 6.08 Å². The number of nitriles is 1. The molecule has 0 saturated carbocycles. The quantitative estimate of drug-likeness (QED) is 0.462.